The standard InChI is InChI=1S/C9H22OSi/c1-5-6-7-8-9(10-2)11(3)4/h9,11H,5-8H2,1-4H3. The van der Waals surface area contributed by atoms with Crippen LogP contribution in [0.3, 0.4) is 0 Å². The number of ether oxygens (including phenoxy) is 1. The van der Waals surface area contributed by atoms with Crippen molar-refractivity contribution in [3.63, 3.8) is 0 Å². The maximum atomic E-state index is 5.42. The Labute approximate surface area is 72.7 Å². The lowest BCUT2D eigenvalue weighted by atomic mass is 10.2. The van der Waals surface area contributed by atoms with Gasteiger partial charge in [-0.25, -0.2) is 0 Å². The van der Waals surface area contributed by atoms with Gasteiger partial charge in [-0.1, -0.05) is 39.3 Å². The van der Waals surface area contributed by atoms with E-state index in [1.165, 1.54) is 25.7 Å². The van der Waals surface area contributed by atoms with Crippen LogP contribution in [0.4, 0.5) is 0 Å². The van der Waals surface area contributed by atoms with Gasteiger partial charge in [-0.3, -0.25) is 0 Å². The minimum Gasteiger partial charge on any atom is -0.385 e. The fraction of sp³-hybridized carbons (Fsp3) is 1.00. The molecule has 0 N–H and O–H groups in total. The molecule has 0 heterocycles. The molecule has 0 saturated carbocycles. The molecule has 1 nitrogen and oxygen atoms in total. The molecule has 2 heteroatoms. The second-order valence-corrected chi connectivity index (χ2v) is 6.75. The van der Waals surface area contributed by atoms with Crippen LogP contribution in [0, 0.1) is 0 Å². The van der Waals surface area contributed by atoms with Crippen molar-refractivity contribution >= 4 is 8.80 Å². The second-order valence-electron chi connectivity index (χ2n) is 3.51. The minimum atomic E-state index is -0.550. The highest BCUT2D eigenvalue weighted by atomic mass is 28.3. The van der Waals surface area contributed by atoms with Crippen LogP contribution in [-0.4, -0.2) is 21.6 Å². The summed E-state index contributed by atoms with van der Waals surface area (Å²) in [5.74, 6) is 0. The smallest absolute Gasteiger partial charge is 0.0655 e. The highest BCUT2D eigenvalue weighted by Gasteiger charge is 2.11. The summed E-state index contributed by atoms with van der Waals surface area (Å²) >= 11 is 0. The van der Waals surface area contributed by atoms with Gasteiger partial charge < -0.3 is 4.74 Å². The predicted octanol–water partition coefficient (Wildman–Crippen LogP) is 2.61. The third-order valence-electron chi connectivity index (χ3n) is 2.14. The molecule has 0 aromatic carbocycles. The molecule has 1 atom stereocenters. The molecule has 0 aliphatic heterocycles. The Bertz CT molecular complexity index is 83.6. The Kier molecular flexibility index (Phi) is 6.97. The SMILES string of the molecule is CCCCCC(OC)[SiH](C)C. The normalized spacial score (nSPS) is 13.9. The first-order chi connectivity index (χ1) is 5.22. The molecule has 0 aliphatic rings. The van der Waals surface area contributed by atoms with Crippen molar-refractivity contribution < 1.29 is 4.74 Å². The molecule has 0 rings (SSSR count). The third kappa shape index (κ3) is 5.45. The highest BCUT2D eigenvalue weighted by Crippen LogP contribution is 2.08. The first-order valence-corrected chi connectivity index (χ1v) is 7.72. The average molecular weight is 174 g/mol. The molecule has 0 bridgehead atoms. The van der Waals surface area contributed by atoms with Gasteiger partial charge in [0.05, 0.1) is 8.80 Å². The van der Waals surface area contributed by atoms with E-state index < -0.39 is 8.80 Å². The summed E-state index contributed by atoms with van der Waals surface area (Å²) in [5.41, 5.74) is 0.613. The zero-order chi connectivity index (χ0) is 8.69. The fourth-order valence-electron chi connectivity index (χ4n) is 1.32. The van der Waals surface area contributed by atoms with E-state index >= 15 is 0 Å². The second kappa shape index (κ2) is 6.86. The summed E-state index contributed by atoms with van der Waals surface area (Å²) in [6, 6.07) is 0. The Morgan fingerprint density at radius 2 is 1.91 bits per heavy atom. The van der Waals surface area contributed by atoms with Crippen LogP contribution in [0.5, 0.6) is 0 Å². The van der Waals surface area contributed by atoms with Crippen LogP contribution in [0.1, 0.15) is 32.6 Å². The van der Waals surface area contributed by atoms with E-state index in [1.807, 2.05) is 7.11 Å². The topological polar surface area (TPSA) is 9.23 Å². The van der Waals surface area contributed by atoms with Gasteiger partial charge in [0.15, 0.2) is 0 Å². The lowest BCUT2D eigenvalue weighted by Crippen LogP contribution is -2.26. The van der Waals surface area contributed by atoms with Crippen LogP contribution >= 0.6 is 0 Å². The Hall–Kier alpha value is 0.177. The molecule has 1 unspecified atom stereocenters. The van der Waals surface area contributed by atoms with Gasteiger partial charge in [0.2, 0.25) is 0 Å². The molecule has 0 saturated heterocycles. The summed E-state index contributed by atoms with van der Waals surface area (Å²) in [6.45, 7) is 6.97. The lowest BCUT2D eigenvalue weighted by Gasteiger charge is -2.17. The van der Waals surface area contributed by atoms with Crippen molar-refractivity contribution in [2.24, 2.45) is 0 Å². The molecule has 0 aliphatic carbocycles. The van der Waals surface area contributed by atoms with Crippen LogP contribution in [0.25, 0.3) is 0 Å². The van der Waals surface area contributed by atoms with Crippen molar-refractivity contribution in [1.29, 1.82) is 0 Å². The highest BCUT2D eigenvalue weighted by molar-refractivity contribution is 6.57. The maximum absolute atomic E-state index is 5.42. The van der Waals surface area contributed by atoms with Gasteiger partial charge in [0.25, 0.3) is 0 Å². The molecule has 11 heavy (non-hydrogen) atoms. The number of hydrogen-bond donors (Lipinski definition) is 0. The first kappa shape index (κ1) is 11.2. The number of hydrogen-bond acceptors (Lipinski definition) is 1. The zero-order valence-corrected chi connectivity index (χ0v) is 9.55. The quantitative estimate of drug-likeness (QED) is 0.444. The van der Waals surface area contributed by atoms with Crippen molar-refractivity contribution in [2.75, 3.05) is 7.11 Å². The van der Waals surface area contributed by atoms with Gasteiger partial charge >= 0.3 is 0 Å². The largest absolute Gasteiger partial charge is 0.385 e. The molecule has 68 valence electrons. The Morgan fingerprint density at radius 1 is 1.27 bits per heavy atom. The van der Waals surface area contributed by atoms with Gasteiger partial charge in [-0.05, 0) is 6.42 Å². The maximum Gasteiger partial charge on any atom is 0.0655 e. The van der Waals surface area contributed by atoms with Crippen molar-refractivity contribution in [1.82, 2.24) is 0 Å². The van der Waals surface area contributed by atoms with E-state index in [4.69, 9.17) is 4.74 Å². The van der Waals surface area contributed by atoms with Crippen molar-refractivity contribution in [2.45, 2.75) is 51.4 Å². The predicted molar refractivity (Wildman–Crippen MR) is 53.8 cm³/mol. The summed E-state index contributed by atoms with van der Waals surface area (Å²) < 4.78 is 5.42. The summed E-state index contributed by atoms with van der Waals surface area (Å²) in [7, 11) is 1.30. The van der Waals surface area contributed by atoms with Crippen LogP contribution < -0.4 is 0 Å². The van der Waals surface area contributed by atoms with Gasteiger partial charge in [-0.15, -0.1) is 0 Å². The summed E-state index contributed by atoms with van der Waals surface area (Å²) in [5, 5.41) is 0. The Balaban J connectivity index is 3.36. The van der Waals surface area contributed by atoms with Crippen LogP contribution in [0.15, 0.2) is 0 Å². The molecule has 0 fully saturated rings. The van der Waals surface area contributed by atoms with E-state index in [1.54, 1.807) is 0 Å². The third-order valence-corrected chi connectivity index (χ3v) is 4.23. The number of rotatable bonds is 6. The number of unbranched alkanes of at least 4 members (excludes halogenated alkanes) is 2. The van der Waals surface area contributed by atoms with E-state index in [0.717, 1.165) is 0 Å². The molecular formula is C9H22OSi. The minimum absolute atomic E-state index is 0.550. The molecule has 0 aromatic rings. The molecule has 0 amide bonds. The monoisotopic (exact) mass is 174 g/mol. The molecule has 0 aromatic heterocycles. The Morgan fingerprint density at radius 3 is 2.27 bits per heavy atom. The lowest BCUT2D eigenvalue weighted by molar-refractivity contribution is 0.151. The molecule has 0 radical (unpaired) electrons. The fourth-order valence-corrected chi connectivity index (χ4v) is 2.77. The molecular weight excluding hydrogens is 152 g/mol. The van der Waals surface area contributed by atoms with Crippen molar-refractivity contribution in [3.05, 3.63) is 0 Å². The number of methoxy groups -OCH3 is 1. The average Bonchev–Trinajstić information content (AvgIpc) is 1.97. The first-order valence-electron chi connectivity index (χ1n) is 4.75. The summed E-state index contributed by atoms with van der Waals surface area (Å²) in [6.07, 6.45) is 5.31. The van der Waals surface area contributed by atoms with Gasteiger partial charge in [-0.2, -0.15) is 0 Å². The van der Waals surface area contributed by atoms with Crippen LogP contribution in [0.2, 0.25) is 13.1 Å². The van der Waals surface area contributed by atoms with Crippen LogP contribution in [-0.2, 0) is 4.74 Å². The van der Waals surface area contributed by atoms with Crippen molar-refractivity contribution in [3.8, 4) is 0 Å². The van der Waals surface area contributed by atoms with Gasteiger partial charge in [0, 0.05) is 12.8 Å². The molecule has 0 spiro atoms. The van der Waals surface area contributed by atoms with E-state index in [-0.39, 0.29) is 0 Å². The van der Waals surface area contributed by atoms with Gasteiger partial charge in [0.1, 0.15) is 0 Å². The van der Waals surface area contributed by atoms with E-state index in [2.05, 4.69) is 20.0 Å². The summed E-state index contributed by atoms with van der Waals surface area (Å²) in [4.78, 5) is 0. The zero-order valence-electron chi connectivity index (χ0n) is 8.39. The van der Waals surface area contributed by atoms with E-state index in [9.17, 15) is 0 Å². The van der Waals surface area contributed by atoms with E-state index in [0.29, 0.717) is 5.73 Å².